The number of rotatable bonds is 4. The molecule has 1 aromatic carbocycles. The fraction of sp³-hybridized carbons (Fsp3) is 0.364. The smallest absolute Gasteiger partial charge is 0.189 e. The second-order valence-electron chi connectivity index (χ2n) is 3.41. The molecule has 0 aromatic heterocycles. The van der Waals surface area contributed by atoms with Gasteiger partial charge in [-0.05, 0) is 32.0 Å². The summed E-state index contributed by atoms with van der Waals surface area (Å²) in [5.74, 6) is -0.699. The number of hydrogen-bond donors (Lipinski definition) is 0. The third kappa shape index (κ3) is 3.61. The van der Waals surface area contributed by atoms with Gasteiger partial charge in [-0.2, -0.15) is 0 Å². The molecule has 1 aromatic rings. The van der Waals surface area contributed by atoms with Gasteiger partial charge in [0, 0.05) is 5.56 Å². The Morgan fingerprint density at radius 2 is 2.20 bits per heavy atom. The Kier molecular flexibility index (Phi) is 4.24. The average Bonchev–Trinajstić information content (AvgIpc) is 2.14. The van der Waals surface area contributed by atoms with Gasteiger partial charge >= 0.3 is 0 Å². The lowest BCUT2D eigenvalue weighted by atomic mass is 10.1. The first kappa shape index (κ1) is 12.1. The molecule has 2 nitrogen and oxygen atoms in total. The van der Waals surface area contributed by atoms with Crippen LogP contribution in [0.25, 0.3) is 0 Å². The zero-order chi connectivity index (χ0) is 11.4. The van der Waals surface area contributed by atoms with Crippen LogP contribution in [0.15, 0.2) is 18.2 Å². The third-order valence-corrected chi connectivity index (χ3v) is 2.09. The molecule has 0 unspecified atom stereocenters. The predicted molar refractivity (Wildman–Crippen MR) is 56.8 cm³/mol. The number of ketones is 1. The zero-order valence-electron chi connectivity index (χ0n) is 8.59. The van der Waals surface area contributed by atoms with E-state index in [0.29, 0.717) is 5.56 Å². The van der Waals surface area contributed by atoms with Crippen molar-refractivity contribution in [1.82, 2.24) is 0 Å². The van der Waals surface area contributed by atoms with Crippen molar-refractivity contribution in [3.8, 4) is 0 Å². The molecule has 15 heavy (non-hydrogen) atoms. The van der Waals surface area contributed by atoms with E-state index < -0.39 is 5.82 Å². The van der Waals surface area contributed by atoms with Gasteiger partial charge in [-0.1, -0.05) is 11.6 Å². The topological polar surface area (TPSA) is 26.3 Å². The van der Waals surface area contributed by atoms with Crippen molar-refractivity contribution in [2.75, 3.05) is 6.61 Å². The molecule has 0 spiro atoms. The second-order valence-corrected chi connectivity index (χ2v) is 3.81. The van der Waals surface area contributed by atoms with E-state index in [1.807, 2.05) is 13.8 Å². The van der Waals surface area contributed by atoms with E-state index in [9.17, 15) is 9.18 Å². The summed E-state index contributed by atoms with van der Waals surface area (Å²) in [7, 11) is 0. The minimum atomic E-state index is -0.457. The standard InChI is InChI=1S/C11H12ClFO2/c1-7(2)15-6-11(14)9-4-3-8(13)5-10(9)12/h3-5,7H,6H2,1-2H3. The Hall–Kier alpha value is -0.930. The Morgan fingerprint density at radius 1 is 1.53 bits per heavy atom. The molecule has 0 aliphatic heterocycles. The maximum Gasteiger partial charge on any atom is 0.189 e. The molecular formula is C11H12ClFO2. The van der Waals surface area contributed by atoms with E-state index in [-0.39, 0.29) is 23.5 Å². The summed E-state index contributed by atoms with van der Waals surface area (Å²) in [6.45, 7) is 3.63. The van der Waals surface area contributed by atoms with Crippen LogP contribution in [-0.4, -0.2) is 18.5 Å². The molecule has 4 heteroatoms. The molecule has 0 saturated carbocycles. The third-order valence-electron chi connectivity index (χ3n) is 1.78. The lowest BCUT2D eigenvalue weighted by Gasteiger charge is -2.07. The number of Topliss-reactive ketones (excluding diaryl/α,β-unsaturated/α-hetero) is 1. The van der Waals surface area contributed by atoms with Gasteiger partial charge < -0.3 is 4.74 Å². The van der Waals surface area contributed by atoms with Crippen LogP contribution in [0.2, 0.25) is 5.02 Å². The molecule has 0 fully saturated rings. The highest BCUT2D eigenvalue weighted by atomic mass is 35.5. The van der Waals surface area contributed by atoms with Gasteiger partial charge in [-0.15, -0.1) is 0 Å². The highest BCUT2D eigenvalue weighted by molar-refractivity contribution is 6.34. The molecule has 1 rings (SSSR count). The van der Waals surface area contributed by atoms with E-state index in [1.54, 1.807) is 0 Å². The number of hydrogen-bond acceptors (Lipinski definition) is 2. The fourth-order valence-electron chi connectivity index (χ4n) is 1.04. The lowest BCUT2D eigenvalue weighted by molar-refractivity contribution is 0.0585. The van der Waals surface area contributed by atoms with E-state index in [2.05, 4.69) is 0 Å². The largest absolute Gasteiger partial charge is 0.371 e. The van der Waals surface area contributed by atoms with Gasteiger partial charge in [0.05, 0.1) is 11.1 Å². The molecule has 0 N–H and O–H groups in total. The van der Waals surface area contributed by atoms with E-state index in [0.717, 1.165) is 6.07 Å². The normalized spacial score (nSPS) is 10.7. The van der Waals surface area contributed by atoms with Crippen LogP contribution in [-0.2, 0) is 4.74 Å². The summed E-state index contributed by atoms with van der Waals surface area (Å²) in [6.07, 6.45) is -0.0202. The monoisotopic (exact) mass is 230 g/mol. The number of carbonyl (C=O) groups is 1. The van der Waals surface area contributed by atoms with E-state index in [1.165, 1.54) is 12.1 Å². The summed E-state index contributed by atoms with van der Waals surface area (Å²) in [4.78, 5) is 11.5. The van der Waals surface area contributed by atoms with Crippen molar-refractivity contribution in [3.05, 3.63) is 34.6 Å². The SMILES string of the molecule is CC(C)OCC(=O)c1ccc(F)cc1Cl. The summed E-state index contributed by atoms with van der Waals surface area (Å²) in [5, 5.41) is 0.118. The van der Waals surface area contributed by atoms with Crippen LogP contribution < -0.4 is 0 Å². The molecule has 0 heterocycles. The van der Waals surface area contributed by atoms with Crippen molar-refractivity contribution in [3.63, 3.8) is 0 Å². The number of carbonyl (C=O) groups excluding carboxylic acids is 1. The molecule has 0 aliphatic carbocycles. The molecule has 0 bridgehead atoms. The maximum atomic E-state index is 12.7. The second kappa shape index (κ2) is 5.24. The van der Waals surface area contributed by atoms with Crippen LogP contribution in [0.5, 0.6) is 0 Å². The quantitative estimate of drug-likeness (QED) is 0.743. The Bertz CT molecular complexity index is 364. The van der Waals surface area contributed by atoms with Crippen LogP contribution in [0.1, 0.15) is 24.2 Å². The number of benzene rings is 1. The number of ether oxygens (including phenoxy) is 1. The highest BCUT2D eigenvalue weighted by Crippen LogP contribution is 2.17. The lowest BCUT2D eigenvalue weighted by Crippen LogP contribution is -2.13. The molecule has 0 atom stereocenters. The molecule has 0 radical (unpaired) electrons. The van der Waals surface area contributed by atoms with Crippen molar-refractivity contribution < 1.29 is 13.9 Å². The van der Waals surface area contributed by atoms with Gasteiger partial charge in [0.15, 0.2) is 5.78 Å². The van der Waals surface area contributed by atoms with Crippen LogP contribution in [0.3, 0.4) is 0 Å². The average molecular weight is 231 g/mol. The summed E-state index contributed by atoms with van der Waals surface area (Å²) in [5.41, 5.74) is 0.290. The Labute approximate surface area is 93.0 Å². The van der Waals surface area contributed by atoms with Crippen LogP contribution in [0, 0.1) is 5.82 Å². The van der Waals surface area contributed by atoms with E-state index in [4.69, 9.17) is 16.3 Å². The molecule has 82 valence electrons. The van der Waals surface area contributed by atoms with Gasteiger partial charge in [-0.3, -0.25) is 4.79 Å². The summed E-state index contributed by atoms with van der Waals surface area (Å²) < 4.78 is 17.8. The highest BCUT2D eigenvalue weighted by Gasteiger charge is 2.11. The maximum absolute atomic E-state index is 12.7. The van der Waals surface area contributed by atoms with Gasteiger partial charge in [0.2, 0.25) is 0 Å². The van der Waals surface area contributed by atoms with E-state index >= 15 is 0 Å². The van der Waals surface area contributed by atoms with Crippen LogP contribution in [0.4, 0.5) is 4.39 Å². The molecule has 0 aliphatic rings. The van der Waals surface area contributed by atoms with Gasteiger partial charge in [0.25, 0.3) is 0 Å². The summed E-state index contributed by atoms with van der Waals surface area (Å²) in [6, 6.07) is 3.68. The first-order valence-electron chi connectivity index (χ1n) is 4.60. The predicted octanol–water partition coefficient (Wildman–Crippen LogP) is 3.09. The fourth-order valence-corrected chi connectivity index (χ4v) is 1.31. The number of halogens is 2. The Balaban J connectivity index is 2.74. The van der Waals surface area contributed by atoms with Gasteiger partial charge in [-0.25, -0.2) is 4.39 Å². The minimum absolute atomic E-state index is 0.0202. The first-order chi connectivity index (χ1) is 7.00. The molecule has 0 saturated heterocycles. The Morgan fingerprint density at radius 3 is 2.73 bits per heavy atom. The molecule has 0 amide bonds. The van der Waals surface area contributed by atoms with Crippen molar-refractivity contribution in [1.29, 1.82) is 0 Å². The first-order valence-corrected chi connectivity index (χ1v) is 4.98. The van der Waals surface area contributed by atoms with Gasteiger partial charge in [0.1, 0.15) is 12.4 Å². The van der Waals surface area contributed by atoms with Crippen molar-refractivity contribution >= 4 is 17.4 Å². The van der Waals surface area contributed by atoms with Crippen molar-refractivity contribution in [2.45, 2.75) is 20.0 Å². The molecular weight excluding hydrogens is 219 g/mol. The van der Waals surface area contributed by atoms with Crippen molar-refractivity contribution in [2.24, 2.45) is 0 Å². The van der Waals surface area contributed by atoms with Crippen LogP contribution >= 0.6 is 11.6 Å². The minimum Gasteiger partial charge on any atom is -0.371 e. The summed E-state index contributed by atoms with van der Waals surface area (Å²) >= 11 is 5.72. The zero-order valence-corrected chi connectivity index (χ0v) is 9.34.